The van der Waals surface area contributed by atoms with Crippen LogP contribution in [0.2, 0.25) is 15.1 Å². The van der Waals surface area contributed by atoms with E-state index in [4.69, 9.17) is 39.2 Å². The summed E-state index contributed by atoms with van der Waals surface area (Å²) in [6.07, 6.45) is 0. The van der Waals surface area contributed by atoms with Crippen LogP contribution in [-0.4, -0.2) is 11.7 Å². The summed E-state index contributed by atoms with van der Waals surface area (Å²) in [5, 5.41) is 1.28. The molecular weight excluding hydrogens is 485 g/mol. The minimum absolute atomic E-state index is 0.0541. The van der Waals surface area contributed by atoms with Gasteiger partial charge in [-0.15, -0.1) is 0 Å². The molecule has 0 radical (unpaired) electrons. The van der Waals surface area contributed by atoms with Gasteiger partial charge in [-0.1, -0.05) is 40.9 Å². The summed E-state index contributed by atoms with van der Waals surface area (Å²) in [5.41, 5.74) is 1.67. The third-order valence-electron chi connectivity index (χ3n) is 5.64. The van der Waals surface area contributed by atoms with E-state index in [-0.39, 0.29) is 38.5 Å². The number of halogens is 3. The second kappa shape index (κ2) is 8.03. The number of ketones is 1. The number of carbonyl (C=O) groups excluding carboxylic acids is 2. The normalized spacial score (nSPS) is 15.2. The maximum absolute atomic E-state index is 13.6. The molecule has 1 aromatic heterocycles. The molecule has 0 fully saturated rings. The second-order valence-corrected chi connectivity index (χ2v) is 8.92. The number of amides is 1. The molecule has 4 aromatic rings. The lowest BCUT2D eigenvalue weighted by Crippen LogP contribution is -2.29. The van der Waals surface area contributed by atoms with E-state index in [1.165, 1.54) is 17.9 Å². The van der Waals surface area contributed by atoms with E-state index in [2.05, 4.69) is 0 Å². The number of fused-ring (bicyclic) bond motifs is 2. The van der Waals surface area contributed by atoms with Crippen molar-refractivity contribution in [1.29, 1.82) is 0 Å². The van der Waals surface area contributed by atoms with E-state index in [1.807, 2.05) is 0 Å². The summed E-state index contributed by atoms with van der Waals surface area (Å²) in [6.45, 7) is 1.46. The van der Waals surface area contributed by atoms with Crippen LogP contribution in [0.15, 0.2) is 69.9 Å². The lowest BCUT2D eigenvalue weighted by molar-refractivity contribution is 0.0970. The molecule has 1 aliphatic rings. The van der Waals surface area contributed by atoms with E-state index in [9.17, 15) is 14.4 Å². The van der Waals surface area contributed by atoms with Crippen LogP contribution in [0.5, 0.6) is 0 Å². The highest BCUT2D eigenvalue weighted by Crippen LogP contribution is 2.42. The van der Waals surface area contributed by atoms with Gasteiger partial charge < -0.3 is 4.42 Å². The fraction of sp³-hybridized carbons (Fsp3) is 0.0800. The molecule has 0 saturated carbocycles. The zero-order chi connectivity index (χ0) is 23.4. The van der Waals surface area contributed by atoms with Gasteiger partial charge in [0.15, 0.2) is 11.2 Å². The monoisotopic (exact) mass is 497 g/mol. The smallest absolute Gasteiger partial charge is 0.295 e. The van der Waals surface area contributed by atoms with Crippen LogP contribution in [0, 0.1) is 0 Å². The highest BCUT2D eigenvalue weighted by Gasteiger charge is 2.43. The van der Waals surface area contributed by atoms with E-state index >= 15 is 0 Å². The van der Waals surface area contributed by atoms with Gasteiger partial charge >= 0.3 is 0 Å². The fourth-order valence-electron chi connectivity index (χ4n) is 4.07. The summed E-state index contributed by atoms with van der Waals surface area (Å²) < 4.78 is 5.91. The minimum atomic E-state index is -0.815. The summed E-state index contributed by atoms with van der Waals surface area (Å²) >= 11 is 18.5. The maximum Gasteiger partial charge on any atom is 0.295 e. The number of anilines is 1. The highest BCUT2D eigenvalue weighted by atomic mass is 35.5. The van der Waals surface area contributed by atoms with Gasteiger partial charge in [-0.05, 0) is 67.1 Å². The maximum atomic E-state index is 13.6. The highest BCUT2D eigenvalue weighted by molar-refractivity contribution is 6.42. The van der Waals surface area contributed by atoms with Crippen molar-refractivity contribution >= 4 is 63.1 Å². The standard InChI is InChI=1S/C25H14Cl3NO4/c1-12(30)13-2-6-16(7-3-13)29-22(14-4-8-18(27)19(28)10-14)21-23(31)17-11-15(26)5-9-20(17)33-24(21)25(29)32/h2-11,22H,1H3. The van der Waals surface area contributed by atoms with Crippen LogP contribution in [0.25, 0.3) is 11.0 Å². The lowest BCUT2D eigenvalue weighted by atomic mass is 9.98. The SMILES string of the molecule is CC(=O)c1ccc(N2C(=O)c3oc4ccc(Cl)cc4c(=O)c3C2c2ccc(Cl)c(Cl)c2)cc1. The molecule has 164 valence electrons. The summed E-state index contributed by atoms with van der Waals surface area (Å²) in [7, 11) is 0. The Morgan fingerprint density at radius 3 is 2.30 bits per heavy atom. The zero-order valence-electron chi connectivity index (χ0n) is 17.1. The van der Waals surface area contributed by atoms with E-state index < -0.39 is 11.9 Å². The van der Waals surface area contributed by atoms with Crippen LogP contribution in [0.1, 0.15) is 45.0 Å². The molecular formula is C25H14Cl3NO4. The summed E-state index contributed by atoms with van der Waals surface area (Å²) in [5.74, 6) is -0.634. The zero-order valence-corrected chi connectivity index (χ0v) is 19.3. The third-order valence-corrected chi connectivity index (χ3v) is 6.62. The van der Waals surface area contributed by atoms with Crippen LogP contribution < -0.4 is 10.3 Å². The molecule has 0 N–H and O–H groups in total. The number of hydrogen-bond acceptors (Lipinski definition) is 4. The van der Waals surface area contributed by atoms with Crippen molar-refractivity contribution in [3.05, 3.63) is 108 Å². The van der Waals surface area contributed by atoms with Crippen molar-refractivity contribution in [3.8, 4) is 0 Å². The predicted molar refractivity (Wildman–Crippen MR) is 129 cm³/mol. The van der Waals surface area contributed by atoms with Crippen molar-refractivity contribution in [2.24, 2.45) is 0 Å². The molecule has 3 aromatic carbocycles. The fourth-order valence-corrected chi connectivity index (χ4v) is 4.54. The van der Waals surface area contributed by atoms with Gasteiger partial charge in [0.25, 0.3) is 5.91 Å². The first-order chi connectivity index (χ1) is 15.8. The van der Waals surface area contributed by atoms with Crippen LogP contribution in [0.3, 0.4) is 0 Å². The topological polar surface area (TPSA) is 67.6 Å². The Kier molecular flexibility index (Phi) is 5.28. The number of hydrogen-bond donors (Lipinski definition) is 0. The number of rotatable bonds is 3. The molecule has 1 atom stereocenters. The van der Waals surface area contributed by atoms with Gasteiger partial charge in [0.1, 0.15) is 5.58 Å². The molecule has 0 spiro atoms. The predicted octanol–water partition coefficient (Wildman–Crippen LogP) is 6.71. The van der Waals surface area contributed by atoms with Gasteiger partial charge in [-0.25, -0.2) is 0 Å². The Balaban J connectivity index is 1.79. The molecule has 33 heavy (non-hydrogen) atoms. The Bertz CT molecular complexity index is 1530. The Hall–Kier alpha value is -3.12. The summed E-state index contributed by atoms with van der Waals surface area (Å²) in [4.78, 5) is 40.3. The molecule has 2 heterocycles. The third kappa shape index (κ3) is 3.53. The number of benzene rings is 3. The quantitative estimate of drug-likeness (QED) is 0.295. The van der Waals surface area contributed by atoms with E-state index in [0.29, 0.717) is 26.9 Å². The van der Waals surface area contributed by atoms with E-state index in [1.54, 1.807) is 54.6 Å². The molecule has 1 aliphatic heterocycles. The average molecular weight is 499 g/mol. The molecule has 0 bridgehead atoms. The van der Waals surface area contributed by atoms with Crippen molar-refractivity contribution in [2.45, 2.75) is 13.0 Å². The Morgan fingerprint density at radius 2 is 1.64 bits per heavy atom. The molecule has 0 saturated heterocycles. The van der Waals surface area contributed by atoms with Crippen molar-refractivity contribution in [3.63, 3.8) is 0 Å². The van der Waals surface area contributed by atoms with Crippen LogP contribution >= 0.6 is 34.8 Å². The van der Waals surface area contributed by atoms with Crippen molar-refractivity contribution < 1.29 is 14.0 Å². The first-order valence-electron chi connectivity index (χ1n) is 9.92. The number of carbonyl (C=O) groups is 2. The van der Waals surface area contributed by atoms with Crippen molar-refractivity contribution in [2.75, 3.05) is 4.90 Å². The Labute approximate surface area is 203 Å². The molecule has 5 rings (SSSR count). The second-order valence-electron chi connectivity index (χ2n) is 7.67. The molecule has 1 unspecified atom stereocenters. The van der Waals surface area contributed by atoms with Crippen molar-refractivity contribution in [1.82, 2.24) is 0 Å². The van der Waals surface area contributed by atoms with E-state index in [0.717, 1.165) is 0 Å². The summed E-state index contributed by atoms with van der Waals surface area (Å²) in [6, 6.07) is 15.4. The minimum Gasteiger partial charge on any atom is -0.450 e. The average Bonchev–Trinajstić information content (AvgIpc) is 3.09. The largest absolute Gasteiger partial charge is 0.450 e. The molecule has 5 nitrogen and oxygen atoms in total. The first-order valence-corrected chi connectivity index (χ1v) is 11.1. The number of nitrogens with zero attached hydrogens (tertiary/aromatic N) is 1. The van der Waals surface area contributed by atoms with Gasteiger partial charge in [-0.3, -0.25) is 19.3 Å². The first kappa shape index (κ1) is 21.7. The van der Waals surface area contributed by atoms with Gasteiger partial charge in [0, 0.05) is 16.3 Å². The molecule has 8 heteroatoms. The Morgan fingerprint density at radius 1 is 0.909 bits per heavy atom. The lowest BCUT2D eigenvalue weighted by Gasteiger charge is -2.25. The van der Waals surface area contributed by atoms with Gasteiger partial charge in [0.05, 0.1) is 27.0 Å². The molecule has 0 aliphatic carbocycles. The van der Waals surface area contributed by atoms with Gasteiger partial charge in [-0.2, -0.15) is 0 Å². The molecule has 1 amide bonds. The van der Waals surface area contributed by atoms with Crippen LogP contribution in [-0.2, 0) is 0 Å². The van der Waals surface area contributed by atoms with Crippen LogP contribution in [0.4, 0.5) is 5.69 Å². The van der Waals surface area contributed by atoms with Gasteiger partial charge in [0.2, 0.25) is 5.76 Å². The number of Topliss-reactive ketones (excluding diaryl/α,β-unsaturated/α-hetero) is 1.